The molecular formula is C15H23P. The first-order valence-corrected chi connectivity index (χ1v) is 8.31. The molecule has 0 radical (unpaired) electrons. The third-order valence-electron chi connectivity index (χ3n) is 3.92. The van der Waals surface area contributed by atoms with Gasteiger partial charge in [-0.2, -0.15) is 0 Å². The molecule has 1 aromatic carbocycles. The first-order chi connectivity index (χ1) is 7.85. The summed E-state index contributed by atoms with van der Waals surface area (Å²) in [6.45, 7) is 4.76. The molecule has 1 heteroatoms. The van der Waals surface area contributed by atoms with E-state index in [0.717, 1.165) is 11.3 Å². The summed E-state index contributed by atoms with van der Waals surface area (Å²) >= 11 is 0. The fourth-order valence-electron chi connectivity index (χ4n) is 2.94. The first kappa shape index (κ1) is 12.1. The summed E-state index contributed by atoms with van der Waals surface area (Å²) in [5.74, 6) is 0. The van der Waals surface area contributed by atoms with Crippen LogP contribution in [0.15, 0.2) is 30.3 Å². The van der Waals surface area contributed by atoms with Gasteiger partial charge in [0.05, 0.1) is 0 Å². The Morgan fingerprint density at radius 3 is 2.06 bits per heavy atom. The third kappa shape index (κ3) is 2.66. The second kappa shape index (κ2) is 5.82. The highest BCUT2D eigenvalue weighted by Gasteiger charge is 2.32. The second-order valence-corrected chi connectivity index (χ2v) is 7.66. The molecule has 0 N–H and O–H groups in total. The van der Waals surface area contributed by atoms with Gasteiger partial charge in [0, 0.05) is 0 Å². The molecule has 2 unspecified atom stereocenters. The van der Waals surface area contributed by atoms with Gasteiger partial charge in [-0.3, -0.25) is 0 Å². The highest BCUT2D eigenvalue weighted by molar-refractivity contribution is 7.58. The molecular weight excluding hydrogens is 211 g/mol. The van der Waals surface area contributed by atoms with Gasteiger partial charge in [0.1, 0.15) is 0 Å². The summed E-state index contributed by atoms with van der Waals surface area (Å²) in [4.78, 5) is 0. The average Bonchev–Trinajstić information content (AvgIpc) is 2.72. The largest absolute Gasteiger partial charge is 0.0959 e. The van der Waals surface area contributed by atoms with Crippen LogP contribution in [0.3, 0.4) is 0 Å². The maximum Gasteiger partial charge on any atom is -0.00681 e. The number of hydrogen-bond donors (Lipinski definition) is 0. The van der Waals surface area contributed by atoms with Crippen molar-refractivity contribution in [1.82, 2.24) is 0 Å². The van der Waals surface area contributed by atoms with Gasteiger partial charge in [-0.25, -0.2) is 0 Å². The topological polar surface area (TPSA) is 0 Å². The Kier molecular flexibility index (Phi) is 4.41. The van der Waals surface area contributed by atoms with Gasteiger partial charge in [0.2, 0.25) is 0 Å². The maximum atomic E-state index is 2.38. The fourth-order valence-corrected chi connectivity index (χ4v) is 6.59. The zero-order valence-corrected chi connectivity index (χ0v) is 11.4. The van der Waals surface area contributed by atoms with Gasteiger partial charge in [0.25, 0.3) is 0 Å². The van der Waals surface area contributed by atoms with Crippen molar-refractivity contribution < 1.29 is 0 Å². The van der Waals surface area contributed by atoms with Crippen LogP contribution >= 0.6 is 7.92 Å². The summed E-state index contributed by atoms with van der Waals surface area (Å²) in [5, 5.41) is 0. The molecule has 1 aliphatic heterocycles. The molecule has 1 fully saturated rings. The molecule has 1 saturated heterocycles. The van der Waals surface area contributed by atoms with Crippen LogP contribution in [-0.4, -0.2) is 11.3 Å². The third-order valence-corrected chi connectivity index (χ3v) is 7.77. The molecule has 0 spiro atoms. The van der Waals surface area contributed by atoms with E-state index in [1.807, 2.05) is 0 Å². The van der Waals surface area contributed by atoms with E-state index in [9.17, 15) is 0 Å². The minimum absolute atomic E-state index is 0.252. The van der Waals surface area contributed by atoms with Gasteiger partial charge in [-0.05, 0) is 48.7 Å². The molecule has 0 nitrogen and oxygen atoms in total. The Morgan fingerprint density at radius 1 is 1.00 bits per heavy atom. The minimum Gasteiger partial charge on any atom is -0.0959 e. The lowest BCUT2D eigenvalue weighted by molar-refractivity contribution is 0.696. The van der Waals surface area contributed by atoms with Gasteiger partial charge in [0.15, 0.2) is 0 Å². The van der Waals surface area contributed by atoms with Crippen molar-refractivity contribution in [3.63, 3.8) is 0 Å². The number of rotatable bonds is 4. The summed E-state index contributed by atoms with van der Waals surface area (Å²) in [5.41, 5.74) is 3.65. The molecule has 0 saturated carbocycles. The Morgan fingerprint density at radius 2 is 1.56 bits per heavy atom. The van der Waals surface area contributed by atoms with Crippen LogP contribution in [0.1, 0.15) is 45.1 Å². The molecule has 16 heavy (non-hydrogen) atoms. The van der Waals surface area contributed by atoms with E-state index < -0.39 is 0 Å². The molecule has 1 heterocycles. The van der Waals surface area contributed by atoms with Crippen molar-refractivity contribution in [2.45, 2.75) is 57.0 Å². The minimum atomic E-state index is 0.252. The van der Waals surface area contributed by atoms with Crippen LogP contribution in [0.4, 0.5) is 0 Å². The smallest absolute Gasteiger partial charge is 0.00681 e. The van der Waals surface area contributed by atoms with Gasteiger partial charge in [-0.1, -0.05) is 52.1 Å². The Bertz CT molecular complexity index is 294. The molecule has 0 amide bonds. The number of benzene rings is 1. The van der Waals surface area contributed by atoms with Crippen LogP contribution < -0.4 is 0 Å². The first-order valence-electron chi connectivity index (χ1n) is 6.64. The molecule has 0 aliphatic carbocycles. The standard InChI is InChI=1S/C15H23P/c1-3-14-10-11-15(4-2)16(14)12-13-8-6-5-7-9-13/h5-9,14-15H,3-4,10-12H2,1-2H3. The van der Waals surface area contributed by atoms with Crippen molar-refractivity contribution in [2.24, 2.45) is 0 Å². The van der Waals surface area contributed by atoms with E-state index in [2.05, 4.69) is 44.2 Å². The molecule has 2 rings (SSSR count). The number of hydrogen-bond acceptors (Lipinski definition) is 0. The quantitative estimate of drug-likeness (QED) is 0.642. The SMILES string of the molecule is CCC1CCC(CC)P1Cc1ccccc1. The van der Waals surface area contributed by atoms with E-state index in [-0.39, 0.29) is 7.92 Å². The van der Waals surface area contributed by atoms with Crippen LogP contribution in [0.2, 0.25) is 0 Å². The normalized spacial score (nSPS) is 29.5. The molecule has 2 atom stereocenters. The Balaban J connectivity index is 2.06. The molecule has 1 aliphatic rings. The molecule has 0 aromatic heterocycles. The summed E-state index contributed by atoms with van der Waals surface area (Å²) < 4.78 is 0. The average molecular weight is 234 g/mol. The second-order valence-electron chi connectivity index (χ2n) is 4.86. The highest BCUT2D eigenvalue weighted by Crippen LogP contribution is 2.59. The Labute approximate surface area is 101 Å². The van der Waals surface area contributed by atoms with Crippen LogP contribution in [0.25, 0.3) is 0 Å². The van der Waals surface area contributed by atoms with Crippen LogP contribution in [-0.2, 0) is 6.16 Å². The maximum absolute atomic E-state index is 2.38. The van der Waals surface area contributed by atoms with Gasteiger partial charge < -0.3 is 0 Å². The van der Waals surface area contributed by atoms with Crippen molar-refractivity contribution in [3.8, 4) is 0 Å². The predicted molar refractivity (Wildman–Crippen MR) is 74.5 cm³/mol. The van der Waals surface area contributed by atoms with Crippen molar-refractivity contribution in [1.29, 1.82) is 0 Å². The van der Waals surface area contributed by atoms with Gasteiger partial charge >= 0.3 is 0 Å². The van der Waals surface area contributed by atoms with Crippen molar-refractivity contribution in [2.75, 3.05) is 0 Å². The van der Waals surface area contributed by atoms with E-state index in [1.54, 1.807) is 5.56 Å². The van der Waals surface area contributed by atoms with E-state index >= 15 is 0 Å². The van der Waals surface area contributed by atoms with Gasteiger partial charge in [-0.15, -0.1) is 0 Å². The van der Waals surface area contributed by atoms with E-state index in [0.29, 0.717) is 0 Å². The van der Waals surface area contributed by atoms with Crippen LogP contribution in [0, 0.1) is 0 Å². The summed E-state index contributed by atoms with van der Waals surface area (Å²) in [6.07, 6.45) is 7.15. The van der Waals surface area contributed by atoms with Crippen molar-refractivity contribution in [3.05, 3.63) is 35.9 Å². The summed E-state index contributed by atoms with van der Waals surface area (Å²) in [7, 11) is 0.252. The van der Waals surface area contributed by atoms with Crippen LogP contribution in [0.5, 0.6) is 0 Å². The lowest BCUT2D eigenvalue weighted by atomic mass is 10.1. The predicted octanol–water partition coefficient (Wildman–Crippen LogP) is 5.02. The monoisotopic (exact) mass is 234 g/mol. The zero-order chi connectivity index (χ0) is 11.4. The fraction of sp³-hybridized carbons (Fsp3) is 0.600. The highest BCUT2D eigenvalue weighted by atomic mass is 31.1. The summed E-state index contributed by atoms with van der Waals surface area (Å²) in [6, 6.07) is 11.1. The molecule has 0 bridgehead atoms. The van der Waals surface area contributed by atoms with E-state index in [1.165, 1.54) is 31.8 Å². The van der Waals surface area contributed by atoms with Crippen molar-refractivity contribution >= 4 is 7.92 Å². The molecule has 1 aromatic rings. The lowest BCUT2D eigenvalue weighted by Gasteiger charge is -2.24. The molecule has 88 valence electrons. The Hall–Kier alpha value is -0.350. The zero-order valence-electron chi connectivity index (χ0n) is 10.5. The lowest BCUT2D eigenvalue weighted by Crippen LogP contribution is -2.04. The van der Waals surface area contributed by atoms with E-state index in [4.69, 9.17) is 0 Å².